The van der Waals surface area contributed by atoms with Crippen molar-refractivity contribution in [1.82, 2.24) is 5.32 Å². The number of nitrogens with one attached hydrogen (secondary N) is 1. The summed E-state index contributed by atoms with van der Waals surface area (Å²) < 4.78 is 9.95. The Kier molecular flexibility index (Phi) is 6.49. The number of nitro groups is 1. The van der Waals surface area contributed by atoms with Crippen molar-refractivity contribution in [3.05, 3.63) is 33.9 Å². The van der Waals surface area contributed by atoms with Crippen LogP contribution in [-0.2, 0) is 16.1 Å². The molecule has 0 unspecified atom stereocenters. The number of carbonyl (C=O) groups excluding carboxylic acids is 2. The van der Waals surface area contributed by atoms with Gasteiger partial charge < -0.3 is 14.8 Å². The molecule has 1 aromatic carbocycles. The first-order valence-electron chi connectivity index (χ1n) is 7.13. The van der Waals surface area contributed by atoms with Gasteiger partial charge in [-0.15, -0.1) is 0 Å². The summed E-state index contributed by atoms with van der Waals surface area (Å²) in [4.78, 5) is 33.4. The fourth-order valence-electron chi connectivity index (χ4n) is 1.53. The van der Waals surface area contributed by atoms with Crippen LogP contribution in [0.3, 0.4) is 0 Å². The van der Waals surface area contributed by atoms with E-state index in [1.807, 2.05) is 0 Å². The van der Waals surface area contributed by atoms with Gasteiger partial charge in [0.05, 0.1) is 10.8 Å². The number of carbonyl (C=O) groups is 2. The minimum atomic E-state index is -0.652. The molecule has 0 aliphatic rings. The zero-order chi connectivity index (χ0) is 17.6. The third-order valence-electron chi connectivity index (χ3n) is 2.68. The van der Waals surface area contributed by atoms with Gasteiger partial charge in [-0.05, 0) is 25.5 Å². The SMILES string of the molecule is CC(C)NC(=O)OCc1ccc(OC(=O)C(C)C)c([N+](=O)[O-])c1. The molecule has 0 spiro atoms. The minimum Gasteiger partial charge on any atom is -0.445 e. The van der Waals surface area contributed by atoms with Crippen LogP contribution in [-0.4, -0.2) is 23.0 Å². The molecule has 1 rings (SSSR count). The number of esters is 1. The molecule has 8 heteroatoms. The average molecular weight is 324 g/mol. The summed E-state index contributed by atoms with van der Waals surface area (Å²) in [5, 5.41) is 13.6. The molecule has 0 radical (unpaired) electrons. The summed E-state index contributed by atoms with van der Waals surface area (Å²) in [6.45, 7) is 6.69. The van der Waals surface area contributed by atoms with Crippen LogP contribution in [0.25, 0.3) is 0 Å². The highest BCUT2D eigenvalue weighted by Gasteiger charge is 2.20. The van der Waals surface area contributed by atoms with Crippen LogP contribution in [0.1, 0.15) is 33.3 Å². The molecule has 23 heavy (non-hydrogen) atoms. The molecule has 0 bridgehead atoms. The largest absolute Gasteiger partial charge is 0.445 e. The van der Waals surface area contributed by atoms with E-state index >= 15 is 0 Å². The van der Waals surface area contributed by atoms with Gasteiger partial charge in [-0.1, -0.05) is 19.9 Å². The van der Waals surface area contributed by atoms with E-state index in [-0.39, 0.29) is 24.1 Å². The first kappa shape index (κ1) is 18.4. The van der Waals surface area contributed by atoms with Gasteiger partial charge in [0, 0.05) is 12.1 Å². The summed E-state index contributed by atoms with van der Waals surface area (Å²) in [6, 6.07) is 3.96. The molecular formula is C15H20N2O6. The molecule has 8 nitrogen and oxygen atoms in total. The Morgan fingerprint density at radius 2 is 1.91 bits per heavy atom. The summed E-state index contributed by atoms with van der Waals surface area (Å²) in [5.74, 6) is -1.10. The van der Waals surface area contributed by atoms with Crippen molar-refractivity contribution >= 4 is 17.7 Å². The molecule has 1 aromatic rings. The third-order valence-corrected chi connectivity index (χ3v) is 2.68. The Morgan fingerprint density at radius 1 is 1.26 bits per heavy atom. The third kappa shape index (κ3) is 5.93. The van der Waals surface area contributed by atoms with Crippen LogP contribution in [0.2, 0.25) is 0 Å². The number of benzene rings is 1. The Labute approximate surface area is 133 Å². The van der Waals surface area contributed by atoms with E-state index in [2.05, 4.69) is 5.32 Å². The molecule has 126 valence electrons. The minimum absolute atomic E-state index is 0.0744. The molecule has 0 aromatic heterocycles. The highest BCUT2D eigenvalue weighted by molar-refractivity contribution is 5.75. The maximum absolute atomic E-state index is 11.6. The van der Waals surface area contributed by atoms with E-state index < -0.39 is 22.9 Å². The number of amides is 1. The van der Waals surface area contributed by atoms with Crippen molar-refractivity contribution in [2.75, 3.05) is 0 Å². The summed E-state index contributed by atoms with van der Waals surface area (Å²) in [5.41, 5.74) is 0.0596. The number of nitro benzene ring substituents is 1. The predicted octanol–water partition coefficient (Wildman–Crippen LogP) is 2.79. The zero-order valence-corrected chi connectivity index (χ0v) is 13.5. The van der Waals surface area contributed by atoms with Crippen LogP contribution in [0.15, 0.2) is 18.2 Å². The van der Waals surface area contributed by atoms with Crippen molar-refractivity contribution in [3.8, 4) is 5.75 Å². The van der Waals surface area contributed by atoms with Crippen LogP contribution < -0.4 is 10.1 Å². The second-order valence-corrected chi connectivity index (χ2v) is 5.51. The fourth-order valence-corrected chi connectivity index (χ4v) is 1.53. The summed E-state index contributed by atoms with van der Waals surface area (Å²) in [6.07, 6.45) is -0.613. The Bertz CT molecular complexity index is 598. The number of hydrogen-bond acceptors (Lipinski definition) is 6. The normalized spacial score (nSPS) is 10.5. The highest BCUT2D eigenvalue weighted by Crippen LogP contribution is 2.29. The summed E-state index contributed by atoms with van der Waals surface area (Å²) >= 11 is 0. The van der Waals surface area contributed by atoms with Crippen LogP contribution in [0.4, 0.5) is 10.5 Å². The Balaban J connectivity index is 2.85. The molecule has 0 heterocycles. The van der Waals surface area contributed by atoms with Crippen molar-refractivity contribution in [3.63, 3.8) is 0 Å². The number of ether oxygens (including phenoxy) is 2. The van der Waals surface area contributed by atoms with Crippen LogP contribution in [0.5, 0.6) is 5.75 Å². The fraction of sp³-hybridized carbons (Fsp3) is 0.467. The number of nitrogens with zero attached hydrogens (tertiary/aromatic N) is 1. The van der Waals surface area contributed by atoms with Gasteiger partial charge in [-0.2, -0.15) is 0 Å². The molecule has 0 aliphatic heterocycles. The number of alkyl carbamates (subject to hydrolysis) is 1. The quantitative estimate of drug-likeness (QED) is 0.373. The number of hydrogen-bond donors (Lipinski definition) is 1. The van der Waals surface area contributed by atoms with Gasteiger partial charge in [-0.3, -0.25) is 14.9 Å². The second kappa shape index (κ2) is 8.11. The van der Waals surface area contributed by atoms with Crippen molar-refractivity contribution in [2.45, 2.75) is 40.3 Å². The van der Waals surface area contributed by atoms with Crippen molar-refractivity contribution in [1.29, 1.82) is 0 Å². The van der Waals surface area contributed by atoms with E-state index in [4.69, 9.17) is 9.47 Å². The van der Waals surface area contributed by atoms with E-state index in [1.165, 1.54) is 18.2 Å². The first-order valence-corrected chi connectivity index (χ1v) is 7.13. The van der Waals surface area contributed by atoms with E-state index in [1.54, 1.807) is 27.7 Å². The Hall–Kier alpha value is -2.64. The lowest BCUT2D eigenvalue weighted by Gasteiger charge is -2.10. The lowest BCUT2D eigenvalue weighted by atomic mass is 10.2. The van der Waals surface area contributed by atoms with E-state index in [0.29, 0.717) is 5.56 Å². The molecular weight excluding hydrogens is 304 g/mol. The molecule has 1 amide bonds. The van der Waals surface area contributed by atoms with Gasteiger partial charge in [0.1, 0.15) is 6.61 Å². The maximum Gasteiger partial charge on any atom is 0.407 e. The Morgan fingerprint density at radius 3 is 2.43 bits per heavy atom. The van der Waals surface area contributed by atoms with E-state index in [0.717, 1.165) is 0 Å². The van der Waals surface area contributed by atoms with Crippen molar-refractivity contribution < 1.29 is 24.0 Å². The van der Waals surface area contributed by atoms with E-state index in [9.17, 15) is 19.7 Å². The lowest BCUT2D eigenvalue weighted by Crippen LogP contribution is -2.30. The number of rotatable bonds is 6. The van der Waals surface area contributed by atoms with Crippen molar-refractivity contribution in [2.24, 2.45) is 5.92 Å². The average Bonchev–Trinajstić information content (AvgIpc) is 2.44. The topological polar surface area (TPSA) is 108 Å². The maximum atomic E-state index is 11.6. The summed E-state index contributed by atoms with van der Waals surface area (Å²) in [7, 11) is 0. The smallest absolute Gasteiger partial charge is 0.407 e. The van der Waals surface area contributed by atoms with Gasteiger partial charge in [0.2, 0.25) is 5.75 Å². The monoisotopic (exact) mass is 324 g/mol. The molecule has 0 atom stereocenters. The molecule has 1 N–H and O–H groups in total. The highest BCUT2D eigenvalue weighted by atomic mass is 16.6. The zero-order valence-electron chi connectivity index (χ0n) is 13.5. The molecule has 0 fully saturated rings. The second-order valence-electron chi connectivity index (χ2n) is 5.51. The van der Waals surface area contributed by atoms with Gasteiger partial charge in [0.15, 0.2) is 0 Å². The van der Waals surface area contributed by atoms with Crippen LogP contribution >= 0.6 is 0 Å². The first-order chi connectivity index (χ1) is 10.7. The molecule has 0 saturated carbocycles. The molecule has 0 saturated heterocycles. The lowest BCUT2D eigenvalue weighted by molar-refractivity contribution is -0.385. The van der Waals surface area contributed by atoms with Gasteiger partial charge in [0.25, 0.3) is 0 Å². The van der Waals surface area contributed by atoms with Crippen LogP contribution in [0, 0.1) is 16.0 Å². The molecule has 0 aliphatic carbocycles. The standard InChI is InChI=1S/C15H20N2O6/c1-9(2)14(18)23-13-6-5-11(7-12(13)17(20)21)8-22-15(19)16-10(3)4/h5-7,9-10H,8H2,1-4H3,(H,16,19). The van der Waals surface area contributed by atoms with Gasteiger partial charge in [-0.25, -0.2) is 4.79 Å². The predicted molar refractivity (Wildman–Crippen MR) is 82.0 cm³/mol. The van der Waals surface area contributed by atoms with Gasteiger partial charge >= 0.3 is 17.7 Å².